The summed E-state index contributed by atoms with van der Waals surface area (Å²) < 4.78 is 4.83. The molecule has 0 unspecified atom stereocenters. The summed E-state index contributed by atoms with van der Waals surface area (Å²) in [6.07, 6.45) is -2.00. The number of nitro benzene ring substituents is 1. The van der Waals surface area contributed by atoms with E-state index in [0.717, 1.165) is 6.07 Å². The molecular weight excluding hydrogens is 404 g/mol. The molecule has 13 nitrogen and oxygen atoms in total. The number of aldehydes is 1. The van der Waals surface area contributed by atoms with Crippen LogP contribution >= 0.6 is 0 Å². The number of ether oxygens (including phenoxy) is 1. The fourth-order valence-electron chi connectivity index (χ4n) is 2.28. The van der Waals surface area contributed by atoms with Crippen LogP contribution in [0.15, 0.2) is 34.5 Å². The molecule has 0 amide bonds. The summed E-state index contributed by atoms with van der Waals surface area (Å²) in [5.74, 6) is -4.35. The number of nitrogens with zero attached hydrogens (tertiary/aromatic N) is 4. The second-order valence-corrected chi connectivity index (χ2v) is 5.72. The third-order valence-corrected chi connectivity index (χ3v) is 3.73. The summed E-state index contributed by atoms with van der Waals surface area (Å²) in [5.41, 5.74) is -0.740. The number of hydrogen-bond acceptors (Lipinski definition) is 10. The first kappa shape index (κ1) is 22.0. The van der Waals surface area contributed by atoms with Gasteiger partial charge in [0.15, 0.2) is 12.1 Å². The Labute approximate surface area is 167 Å². The van der Waals surface area contributed by atoms with Gasteiger partial charge in [-0.2, -0.15) is 0 Å². The van der Waals surface area contributed by atoms with Crippen LogP contribution in [0.25, 0.3) is 0 Å². The van der Waals surface area contributed by atoms with Gasteiger partial charge in [0.2, 0.25) is 0 Å². The number of carbonyl (C=O) groups excluding carboxylic acids is 1. The number of hydrogen-bond donors (Lipinski definition) is 3. The number of azo groups is 1. The number of rotatable bonds is 9. The lowest BCUT2D eigenvalue weighted by atomic mass is 10.1. The molecule has 13 heteroatoms. The molecule has 0 atom stereocenters. The lowest BCUT2D eigenvalue weighted by Gasteiger charge is -2.13. The Morgan fingerprint density at radius 3 is 2.53 bits per heavy atom. The van der Waals surface area contributed by atoms with E-state index in [1.165, 1.54) is 25.1 Å². The number of aromatic hydroxyl groups is 1. The molecule has 1 heterocycles. The number of pyridine rings is 1. The molecule has 0 saturated carbocycles. The number of carboxylic acid groups (broad SMARTS) is 2. The van der Waals surface area contributed by atoms with Gasteiger partial charge in [0.05, 0.1) is 28.5 Å². The Balaban J connectivity index is 2.48. The average molecular weight is 418 g/mol. The van der Waals surface area contributed by atoms with Crippen molar-refractivity contribution in [2.75, 3.05) is 0 Å². The summed E-state index contributed by atoms with van der Waals surface area (Å²) in [6.45, 7) is 0.609. The van der Waals surface area contributed by atoms with E-state index in [0.29, 0.717) is 0 Å². The van der Waals surface area contributed by atoms with Crippen molar-refractivity contribution in [2.24, 2.45) is 10.2 Å². The molecule has 0 aliphatic heterocycles. The van der Waals surface area contributed by atoms with Gasteiger partial charge in [-0.25, -0.2) is 14.6 Å². The standard InChI is InChI=1S/C17H14N4O9/c1-8-13(23)11(6-22)12(7-30-14(16(24)25)17(26)27)15(18-8)20-19-9-3-2-4-10(5-9)21(28)29/h2-6,14,23H,7H2,1H3,(H,24,25)(H,26,27)/b20-19+. The van der Waals surface area contributed by atoms with Crippen molar-refractivity contribution in [1.82, 2.24) is 4.98 Å². The first-order valence-electron chi connectivity index (χ1n) is 8.06. The number of aryl methyl sites for hydroxylation is 1. The molecule has 2 aromatic rings. The van der Waals surface area contributed by atoms with Gasteiger partial charge >= 0.3 is 11.9 Å². The molecular formula is C17H14N4O9. The van der Waals surface area contributed by atoms with E-state index >= 15 is 0 Å². The lowest BCUT2D eigenvalue weighted by Crippen LogP contribution is -2.32. The van der Waals surface area contributed by atoms with E-state index < -0.39 is 35.3 Å². The second-order valence-electron chi connectivity index (χ2n) is 5.72. The average Bonchev–Trinajstić information content (AvgIpc) is 2.69. The quantitative estimate of drug-likeness (QED) is 0.178. The number of non-ortho nitro benzene ring substituents is 1. The first-order valence-corrected chi connectivity index (χ1v) is 8.06. The molecule has 0 radical (unpaired) electrons. The van der Waals surface area contributed by atoms with E-state index in [1.54, 1.807) is 0 Å². The van der Waals surface area contributed by atoms with Gasteiger partial charge in [0.1, 0.15) is 5.75 Å². The van der Waals surface area contributed by atoms with Gasteiger partial charge in [0, 0.05) is 17.7 Å². The highest BCUT2D eigenvalue weighted by atomic mass is 16.6. The monoisotopic (exact) mass is 418 g/mol. The first-order chi connectivity index (χ1) is 14.1. The Bertz CT molecular complexity index is 1040. The topological polar surface area (TPSA) is 202 Å². The van der Waals surface area contributed by atoms with Crippen LogP contribution < -0.4 is 0 Å². The molecule has 0 aliphatic rings. The van der Waals surface area contributed by atoms with Gasteiger partial charge in [-0.05, 0) is 13.0 Å². The zero-order valence-corrected chi connectivity index (χ0v) is 15.3. The fraction of sp³-hybridized carbons (Fsp3) is 0.176. The van der Waals surface area contributed by atoms with Crippen LogP contribution in [0, 0.1) is 17.0 Å². The number of carbonyl (C=O) groups is 3. The fourth-order valence-corrected chi connectivity index (χ4v) is 2.28. The second kappa shape index (κ2) is 9.29. The third kappa shape index (κ3) is 4.96. The predicted octanol–water partition coefficient (Wildman–Crippen LogP) is 2.29. The van der Waals surface area contributed by atoms with Gasteiger partial charge in [-0.15, -0.1) is 10.2 Å². The number of aliphatic carboxylic acids is 2. The molecule has 0 saturated heterocycles. The lowest BCUT2D eigenvalue weighted by molar-refractivity contribution is -0.384. The molecule has 0 fully saturated rings. The predicted molar refractivity (Wildman–Crippen MR) is 97.1 cm³/mol. The minimum absolute atomic E-state index is 0.0122. The molecule has 1 aromatic carbocycles. The SMILES string of the molecule is Cc1nc(/N=N/c2cccc([N+](=O)[O-])c2)c(COC(C(=O)O)C(=O)O)c(C=O)c1O. The van der Waals surface area contributed by atoms with Gasteiger partial charge in [-0.1, -0.05) is 6.07 Å². The van der Waals surface area contributed by atoms with Crippen LogP contribution in [0.4, 0.5) is 17.2 Å². The van der Waals surface area contributed by atoms with Crippen molar-refractivity contribution in [2.45, 2.75) is 19.6 Å². The summed E-state index contributed by atoms with van der Waals surface area (Å²) in [6, 6.07) is 5.14. The normalized spacial score (nSPS) is 11.0. The number of benzene rings is 1. The van der Waals surface area contributed by atoms with Crippen molar-refractivity contribution in [3.63, 3.8) is 0 Å². The van der Waals surface area contributed by atoms with Gasteiger partial charge < -0.3 is 20.1 Å². The Morgan fingerprint density at radius 2 is 1.97 bits per heavy atom. The number of carboxylic acids is 2. The molecule has 30 heavy (non-hydrogen) atoms. The maximum Gasteiger partial charge on any atom is 0.344 e. The third-order valence-electron chi connectivity index (χ3n) is 3.73. The molecule has 0 spiro atoms. The Hall–Kier alpha value is -4.26. The van der Waals surface area contributed by atoms with Crippen LogP contribution in [-0.2, 0) is 20.9 Å². The van der Waals surface area contributed by atoms with E-state index in [2.05, 4.69) is 15.2 Å². The maximum absolute atomic E-state index is 11.4. The smallest absolute Gasteiger partial charge is 0.344 e. The van der Waals surface area contributed by atoms with Crippen LogP contribution in [0.3, 0.4) is 0 Å². The highest BCUT2D eigenvalue weighted by Crippen LogP contribution is 2.32. The van der Waals surface area contributed by atoms with Gasteiger partial charge in [-0.3, -0.25) is 14.9 Å². The summed E-state index contributed by atoms with van der Waals surface area (Å²) in [4.78, 5) is 47.6. The largest absolute Gasteiger partial charge is 0.505 e. The number of aromatic nitrogens is 1. The van der Waals surface area contributed by atoms with Crippen molar-refractivity contribution >= 4 is 35.4 Å². The molecule has 2 rings (SSSR count). The minimum atomic E-state index is -2.24. The molecule has 0 bridgehead atoms. The van der Waals surface area contributed by atoms with E-state index in [9.17, 15) is 29.6 Å². The highest BCUT2D eigenvalue weighted by molar-refractivity contribution is 5.96. The summed E-state index contributed by atoms with van der Waals surface area (Å²) in [5, 5.41) is 46.3. The van der Waals surface area contributed by atoms with Crippen molar-refractivity contribution in [3.05, 3.63) is 51.2 Å². The summed E-state index contributed by atoms with van der Waals surface area (Å²) in [7, 11) is 0. The van der Waals surface area contributed by atoms with E-state index in [-0.39, 0.29) is 40.3 Å². The zero-order valence-electron chi connectivity index (χ0n) is 15.3. The van der Waals surface area contributed by atoms with E-state index in [1.807, 2.05) is 0 Å². The maximum atomic E-state index is 11.4. The molecule has 156 valence electrons. The van der Waals surface area contributed by atoms with Crippen LogP contribution in [-0.4, -0.2) is 49.6 Å². The van der Waals surface area contributed by atoms with Crippen molar-refractivity contribution in [1.29, 1.82) is 0 Å². The zero-order chi connectivity index (χ0) is 22.4. The van der Waals surface area contributed by atoms with Crippen LogP contribution in [0.2, 0.25) is 0 Å². The van der Waals surface area contributed by atoms with Crippen molar-refractivity contribution in [3.8, 4) is 5.75 Å². The Kier molecular flexibility index (Phi) is 6.82. The van der Waals surface area contributed by atoms with E-state index in [4.69, 9.17) is 14.9 Å². The van der Waals surface area contributed by atoms with Gasteiger partial charge in [0.25, 0.3) is 11.8 Å². The molecule has 0 aliphatic carbocycles. The molecule has 1 aromatic heterocycles. The molecule has 3 N–H and O–H groups in total. The Morgan fingerprint density at radius 1 is 1.30 bits per heavy atom. The van der Waals surface area contributed by atoms with Crippen LogP contribution in [0.1, 0.15) is 21.6 Å². The van der Waals surface area contributed by atoms with Crippen LogP contribution in [0.5, 0.6) is 5.75 Å². The highest BCUT2D eigenvalue weighted by Gasteiger charge is 2.28. The minimum Gasteiger partial charge on any atom is -0.505 e. The summed E-state index contributed by atoms with van der Waals surface area (Å²) >= 11 is 0. The number of nitro groups is 1. The van der Waals surface area contributed by atoms with Crippen molar-refractivity contribution < 1.29 is 39.4 Å².